The molecular formula is CHO2U. The molecule has 0 heterocycles. The average Bonchev–Trinajstić information content (AvgIpc) is 0.811. The van der Waals surface area contributed by atoms with Gasteiger partial charge in [-0.1, -0.05) is 0 Å². The van der Waals surface area contributed by atoms with Gasteiger partial charge in [0, 0.05) is 0 Å². The van der Waals surface area contributed by atoms with Crippen molar-refractivity contribution in [2.24, 2.45) is 0 Å². The Hall–Kier alpha value is 0.522. The van der Waals surface area contributed by atoms with Crippen LogP contribution >= 0.6 is 0 Å². The van der Waals surface area contributed by atoms with Gasteiger partial charge < -0.3 is 0 Å². The Kier molecular flexibility index (Phi) is 2.04. The standard InChI is InChI=1S/CHO2.U/c2-1-3;/h(H,2,3);. The van der Waals surface area contributed by atoms with Gasteiger partial charge in [-0.25, -0.2) is 0 Å². The van der Waals surface area contributed by atoms with E-state index >= 15 is 0 Å². The van der Waals surface area contributed by atoms with E-state index in [0.717, 1.165) is 0 Å². The van der Waals surface area contributed by atoms with Crippen molar-refractivity contribution >= 4 is 3.00 Å². The first-order chi connectivity index (χ1) is 1.73. The number of rotatable bonds is 0. The molecular weight excluding hydrogens is 282 g/mol. The van der Waals surface area contributed by atoms with Crippen LogP contribution in [0.2, 0.25) is 0 Å². The Bertz CT molecular complexity index is 29.0. The van der Waals surface area contributed by atoms with E-state index in [1.165, 1.54) is 0 Å². The van der Waals surface area contributed by atoms with Crippen LogP contribution in [0.15, 0.2) is 0 Å². The second kappa shape index (κ2) is 1.81. The molecule has 0 aromatic carbocycles. The summed E-state index contributed by atoms with van der Waals surface area (Å²) in [6.45, 7) is 0. The SMILES string of the molecule is O=[C](O)[U]. The number of carbonyl (C=O) groups is 1. The van der Waals surface area contributed by atoms with E-state index in [2.05, 4.69) is 0 Å². The van der Waals surface area contributed by atoms with Gasteiger partial charge in [0.1, 0.15) is 0 Å². The van der Waals surface area contributed by atoms with Crippen LogP contribution in [0.25, 0.3) is 0 Å². The van der Waals surface area contributed by atoms with Crippen LogP contribution < -0.4 is 0 Å². The van der Waals surface area contributed by atoms with Crippen LogP contribution in [0.5, 0.6) is 0 Å². The van der Waals surface area contributed by atoms with E-state index in [4.69, 9.17) is 9.90 Å². The maximum atomic E-state index is 9.07. The molecule has 0 radical (unpaired) electrons. The minimum absolute atomic E-state index is 0.0918. The molecule has 4 heavy (non-hydrogen) atoms. The molecule has 21 valence electrons. The van der Waals surface area contributed by atoms with Gasteiger partial charge in [0.25, 0.3) is 0 Å². The van der Waals surface area contributed by atoms with E-state index in [1.807, 2.05) is 0 Å². The second-order valence-corrected chi connectivity index (χ2v) is 2.09. The van der Waals surface area contributed by atoms with Gasteiger partial charge in [-0.3, -0.25) is 0 Å². The molecule has 0 aliphatic rings. The van der Waals surface area contributed by atoms with E-state index in [-0.39, 0.29) is 29.4 Å². The first-order valence-corrected chi connectivity index (χ1v) is 2.76. The summed E-state index contributed by atoms with van der Waals surface area (Å²) in [6.07, 6.45) is 0. The molecule has 1 N–H and O–H groups in total. The van der Waals surface area contributed by atoms with Crippen molar-refractivity contribution in [2.75, 3.05) is 0 Å². The average molecular weight is 283 g/mol. The molecule has 0 saturated carbocycles. The van der Waals surface area contributed by atoms with Crippen LogP contribution in [0.1, 0.15) is 0 Å². The summed E-state index contributed by atoms with van der Waals surface area (Å²) >= 11 is 0.0918. The molecule has 0 aliphatic carbocycles. The van der Waals surface area contributed by atoms with Gasteiger partial charge in [0.15, 0.2) is 0 Å². The van der Waals surface area contributed by atoms with Crippen molar-refractivity contribution in [3.63, 3.8) is 0 Å². The molecule has 0 aliphatic heterocycles. The molecule has 2 nitrogen and oxygen atoms in total. The van der Waals surface area contributed by atoms with Crippen molar-refractivity contribution < 1.29 is 39.3 Å². The summed E-state index contributed by atoms with van der Waals surface area (Å²) < 4.78 is -0.665. The summed E-state index contributed by atoms with van der Waals surface area (Å²) in [5.41, 5.74) is 0. The van der Waals surface area contributed by atoms with Crippen molar-refractivity contribution in [1.29, 1.82) is 0 Å². The van der Waals surface area contributed by atoms with Crippen molar-refractivity contribution in [3.05, 3.63) is 0 Å². The number of hydrogen-bond acceptors (Lipinski definition) is 1. The topological polar surface area (TPSA) is 37.3 Å². The van der Waals surface area contributed by atoms with Crippen LogP contribution in [0.3, 0.4) is 0 Å². The quantitative estimate of drug-likeness (QED) is 0.690. The van der Waals surface area contributed by atoms with Crippen LogP contribution in [-0.2, 0) is 0 Å². The Morgan fingerprint density at radius 3 is 2.00 bits per heavy atom. The van der Waals surface area contributed by atoms with E-state index in [1.54, 1.807) is 0 Å². The third-order valence-electron chi connectivity index (χ3n) is 0. The molecule has 0 rings (SSSR count). The van der Waals surface area contributed by atoms with Gasteiger partial charge >= 0.3 is 42.3 Å². The predicted molar refractivity (Wildman–Crippen MR) is 8.02 cm³/mol. The number of hydrogen-bond donors (Lipinski definition) is 1. The molecule has 0 atom stereocenters. The fraction of sp³-hybridized carbons (Fsp3) is 0. The summed E-state index contributed by atoms with van der Waals surface area (Å²) in [5.74, 6) is 0. The Balaban J connectivity index is 2.80. The zero-order valence-electron chi connectivity index (χ0n) is 1.86. The van der Waals surface area contributed by atoms with Crippen LogP contribution in [0.4, 0.5) is 4.79 Å². The molecule has 0 fully saturated rings. The predicted octanol–water partition coefficient (Wildman–Crippen LogP) is 0.214. The van der Waals surface area contributed by atoms with Crippen molar-refractivity contribution in [2.45, 2.75) is 0 Å². The van der Waals surface area contributed by atoms with Crippen molar-refractivity contribution in [1.82, 2.24) is 0 Å². The van der Waals surface area contributed by atoms with Crippen LogP contribution in [-0.4, -0.2) is 8.11 Å². The Morgan fingerprint density at radius 1 is 2.00 bits per heavy atom. The summed E-state index contributed by atoms with van der Waals surface area (Å²) in [6, 6.07) is 0. The van der Waals surface area contributed by atoms with E-state index in [9.17, 15) is 0 Å². The van der Waals surface area contributed by atoms with Gasteiger partial charge in [0.2, 0.25) is 0 Å². The molecule has 0 saturated heterocycles. The fourth-order valence-corrected chi connectivity index (χ4v) is 0. The fourth-order valence-electron chi connectivity index (χ4n) is 0. The van der Waals surface area contributed by atoms with Crippen molar-refractivity contribution in [3.8, 4) is 0 Å². The van der Waals surface area contributed by atoms with Gasteiger partial charge in [-0.2, -0.15) is 0 Å². The third-order valence-corrected chi connectivity index (χ3v) is 0. The van der Waals surface area contributed by atoms with E-state index < -0.39 is 3.00 Å². The zero-order chi connectivity index (χ0) is 3.58. The third kappa shape index (κ3) is 21.4. The maximum absolute atomic E-state index is 9.07. The Labute approximate surface area is 42.4 Å². The summed E-state index contributed by atoms with van der Waals surface area (Å²) in [5, 5.41) is 7.49. The molecule has 0 aromatic rings. The minimum atomic E-state index is -0.665. The molecule has 3 heteroatoms. The molecule has 0 spiro atoms. The molecule has 0 aromatic heterocycles. The van der Waals surface area contributed by atoms with Gasteiger partial charge in [-0.05, 0) is 0 Å². The Morgan fingerprint density at radius 2 is 2.00 bits per heavy atom. The second-order valence-electron chi connectivity index (χ2n) is 0.305. The van der Waals surface area contributed by atoms with Gasteiger partial charge in [0.05, 0.1) is 0 Å². The monoisotopic (exact) mass is 283 g/mol. The molecule has 0 unspecified atom stereocenters. The van der Waals surface area contributed by atoms with E-state index in [0.29, 0.717) is 0 Å². The normalized spacial score (nSPS) is 6.50. The van der Waals surface area contributed by atoms with Crippen LogP contribution in [0, 0.1) is 29.4 Å². The first kappa shape index (κ1) is 4.52. The zero-order valence-corrected chi connectivity index (χ0v) is 6.02. The molecule has 0 amide bonds. The summed E-state index contributed by atoms with van der Waals surface area (Å²) in [7, 11) is 0. The van der Waals surface area contributed by atoms with Gasteiger partial charge in [-0.15, -0.1) is 0 Å². The molecule has 0 bridgehead atoms. The first-order valence-electron chi connectivity index (χ1n) is 0.678. The summed E-state index contributed by atoms with van der Waals surface area (Å²) in [4.78, 5) is 9.07. The number of carboxylic acid groups (broad SMARTS) is 1.